The number of fused-ring (bicyclic) bond motifs is 1. The van der Waals surface area contributed by atoms with Crippen molar-refractivity contribution in [1.82, 2.24) is 5.32 Å². The van der Waals surface area contributed by atoms with Crippen molar-refractivity contribution in [2.24, 2.45) is 5.92 Å². The van der Waals surface area contributed by atoms with Crippen LogP contribution in [-0.4, -0.2) is 6.04 Å². The number of hydrogen-bond donors (Lipinski definition) is 1. The van der Waals surface area contributed by atoms with Crippen LogP contribution in [0.15, 0.2) is 15.2 Å². The van der Waals surface area contributed by atoms with Crippen LogP contribution < -0.4 is 5.32 Å². The summed E-state index contributed by atoms with van der Waals surface area (Å²) in [6.07, 6.45) is 0.990. The van der Waals surface area contributed by atoms with E-state index in [1.165, 1.54) is 5.56 Å². The van der Waals surface area contributed by atoms with E-state index >= 15 is 0 Å². The number of hydrogen-bond acceptors (Lipinski definition) is 2. The fourth-order valence-corrected chi connectivity index (χ4v) is 2.56. The number of rotatable bonds is 1. The SMILES string of the molecule is CC1Cc2oc(Br)cc2C(C(C)C)N1. The van der Waals surface area contributed by atoms with Crippen LogP contribution >= 0.6 is 15.9 Å². The van der Waals surface area contributed by atoms with E-state index in [0.717, 1.165) is 16.9 Å². The van der Waals surface area contributed by atoms with E-state index in [9.17, 15) is 0 Å². The molecular formula is C11H16BrNO. The summed E-state index contributed by atoms with van der Waals surface area (Å²) in [6.45, 7) is 6.68. The summed E-state index contributed by atoms with van der Waals surface area (Å²) in [7, 11) is 0. The first-order valence-electron chi connectivity index (χ1n) is 5.12. The Morgan fingerprint density at radius 3 is 2.93 bits per heavy atom. The predicted molar refractivity (Wildman–Crippen MR) is 60.3 cm³/mol. The number of furan rings is 1. The van der Waals surface area contributed by atoms with Crippen molar-refractivity contribution in [3.05, 3.63) is 22.1 Å². The fourth-order valence-electron chi connectivity index (χ4n) is 2.12. The maximum atomic E-state index is 5.63. The highest BCUT2D eigenvalue weighted by Gasteiger charge is 2.29. The molecule has 1 N–H and O–H groups in total. The summed E-state index contributed by atoms with van der Waals surface area (Å²) < 4.78 is 6.48. The van der Waals surface area contributed by atoms with Crippen molar-refractivity contribution in [2.75, 3.05) is 0 Å². The molecule has 0 aliphatic carbocycles. The Labute approximate surface area is 93.2 Å². The largest absolute Gasteiger partial charge is 0.454 e. The normalized spacial score (nSPS) is 26.6. The van der Waals surface area contributed by atoms with Crippen molar-refractivity contribution >= 4 is 15.9 Å². The Balaban J connectivity index is 2.37. The molecule has 78 valence electrons. The third-order valence-electron chi connectivity index (χ3n) is 2.77. The molecule has 2 unspecified atom stereocenters. The molecular weight excluding hydrogens is 242 g/mol. The molecule has 2 nitrogen and oxygen atoms in total. The van der Waals surface area contributed by atoms with Crippen LogP contribution in [0.1, 0.15) is 38.1 Å². The van der Waals surface area contributed by atoms with Gasteiger partial charge in [-0.3, -0.25) is 0 Å². The molecule has 0 saturated carbocycles. The van der Waals surface area contributed by atoms with E-state index in [-0.39, 0.29) is 0 Å². The topological polar surface area (TPSA) is 25.2 Å². The van der Waals surface area contributed by atoms with Gasteiger partial charge in [-0.25, -0.2) is 0 Å². The lowest BCUT2D eigenvalue weighted by Crippen LogP contribution is -2.39. The van der Waals surface area contributed by atoms with Gasteiger partial charge in [-0.1, -0.05) is 13.8 Å². The van der Waals surface area contributed by atoms with Gasteiger partial charge in [0.25, 0.3) is 0 Å². The Morgan fingerprint density at radius 1 is 1.57 bits per heavy atom. The third-order valence-corrected chi connectivity index (χ3v) is 3.16. The minimum atomic E-state index is 0.434. The lowest BCUT2D eigenvalue weighted by atomic mass is 9.90. The van der Waals surface area contributed by atoms with Gasteiger partial charge in [-0.2, -0.15) is 0 Å². The summed E-state index contributed by atoms with van der Waals surface area (Å²) in [6, 6.07) is 3.04. The average Bonchev–Trinajstić information content (AvgIpc) is 2.42. The molecule has 0 amide bonds. The summed E-state index contributed by atoms with van der Waals surface area (Å²) in [5.74, 6) is 1.74. The molecule has 1 aliphatic rings. The van der Waals surface area contributed by atoms with Gasteiger partial charge in [0, 0.05) is 24.1 Å². The monoisotopic (exact) mass is 257 g/mol. The van der Waals surface area contributed by atoms with Gasteiger partial charge in [0.05, 0.1) is 0 Å². The zero-order valence-corrected chi connectivity index (χ0v) is 10.4. The highest BCUT2D eigenvalue weighted by molar-refractivity contribution is 9.10. The minimum absolute atomic E-state index is 0.434. The third kappa shape index (κ3) is 1.75. The Bertz CT molecular complexity index is 332. The van der Waals surface area contributed by atoms with Crippen molar-refractivity contribution in [1.29, 1.82) is 0 Å². The predicted octanol–water partition coefficient (Wildman–Crippen LogP) is 3.27. The molecule has 0 fully saturated rings. The van der Waals surface area contributed by atoms with Gasteiger partial charge in [0.15, 0.2) is 4.67 Å². The maximum absolute atomic E-state index is 5.63. The maximum Gasteiger partial charge on any atom is 0.169 e. The smallest absolute Gasteiger partial charge is 0.169 e. The first-order chi connectivity index (χ1) is 6.58. The Kier molecular flexibility index (Phi) is 2.71. The van der Waals surface area contributed by atoms with E-state index in [2.05, 4.69) is 48.1 Å². The summed E-state index contributed by atoms with van der Waals surface area (Å²) in [4.78, 5) is 0. The van der Waals surface area contributed by atoms with Gasteiger partial charge in [0.1, 0.15) is 5.76 Å². The summed E-state index contributed by atoms with van der Waals surface area (Å²) in [5, 5.41) is 3.60. The second kappa shape index (κ2) is 3.70. The van der Waals surface area contributed by atoms with Crippen LogP contribution in [-0.2, 0) is 6.42 Å². The van der Waals surface area contributed by atoms with Gasteiger partial charge < -0.3 is 9.73 Å². The zero-order valence-electron chi connectivity index (χ0n) is 8.80. The second-order valence-corrected chi connectivity index (χ2v) is 5.20. The molecule has 0 bridgehead atoms. The van der Waals surface area contributed by atoms with Crippen LogP contribution in [0.2, 0.25) is 0 Å². The van der Waals surface area contributed by atoms with Crippen molar-refractivity contribution in [3.8, 4) is 0 Å². The molecule has 0 radical (unpaired) electrons. The van der Waals surface area contributed by atoms with E-state index in [0.29, 0.717) is 18.0 Å². The molecule has 2 atom stereocenters. The van der Waals surface area contributed by atoms with E-state index < -0.39 is 0 Å². The molecule has 1 aromatic heterocycles. The highest BCUT2D eigenvalue weighted by atomic mass is 79.9. The molecule has 0 aromatic carbocycles. The molecule has 0 saturated heterocycles. The van der Waals surface area contributed by atoms with Crippen molar-refractivity contribution in [3.63, 3.8) is 0 Å². The van der Waals surface area contributed by atoms with Crippen molar-refractivity contribution in [2.45, 2.75) is 39.3 Å². The standard InChI is InChI=1S/C11H16BrNO/c1-6(2)11-8-5-10(12)14-9(8)4-7(3)13-11/h5-7,11,13H,4H2,1-3H3. The van der Waals surface area contributed by atoms with Gasteiger partial charge in [-0.15, -0.1) is 0 Å². The fraction of sp³-hybridized carbons (Fsp3) is 0.636. The second-order valence-electron chi connectivity index (χ2n) is 4.42. The summed E-state index contributed by atoms with van der Waals surface area (Å²) >= 11 is 3.39. The molecule has 2 rings (SSSR count). The van der Waals surface area contributed by atoms with E-state index in [1.54, 1.807) is 0 Å². The van der Waals surface area contributed by atoms with Gasteiger partial charge in [0.2, 0.25) is 0 Å². The van der Waals surface area contributed by atoms with Crippen LogP contribution in [0.25, 0.3) is 0 Å². The molecule has 0 spiro atoms. The molecule has 14 heavy (non-hydrogen) atoms. The Hall–Kier alpha value is -0.280. The molecule has 1 aromatic rings. The lowest BCUT2D eigenvalue weighted by Gasteiger charge is -2.30. The minimum Gasteiger partial charge on any atom is -0.454 e. The number of halogens is 1. The van der Waals surface area contributed by atoms with Crippen LogP contribution in [0.3, 0.4) is 0 Å². The van der Waals surface area contributed by atoms with Gasteiger partial charge >= 0.3 is 0 Å². The molecule has 2 heterocycles. The first kappa shape index (κ1) is 10.2. The molecule has 1 aliphatic heterocycles. The average molecular weight is 258 g/mol. The first-order valence-corrected chi connectivity index (χ1v) is 5.91. The molecule has 3 heteroatoms. The van der Waals surface area contributed by atoms with E-state index in [4.69, 9.17) is 4.42 Å². The Morgan fingerprint density at radius 2 is 2.29 bits per heavy atom. The van der Waals surface area contributed by atoms with Crippen LogP contribution in [0, 0.1) is 5.92 Å². The van der Waals surface area contributed by atoms with Crippen molar-refractivity contribution < 1.29 is 4.42 Å². The number of nitrogens with one attached hydrogen (secondary N) is 1. The lowest BCUT2D eigenvalue weighted by molar-refractivity contribution is 0.319. The van der Waals surface area contributed by atoms with Crippen LogP contribution in [0.4, 0.5) is 0 Å². The summed E-state index contributed by atoms with van der Waals surface area (Å²) in [5.41, 5.74) is 1.32. The van der Waals surface area contributed by atoms with Gasteiger partial charge in [-0.05, 0) is 34.8 Å². The van der Waals surface area contributed by atoms with E-state index in [1.807, 2.05) is 0 Å². The highest BCUT2D eigenvalue weighted by Crippen LogP contribution is 2.34. The quantitative estimate of drug-likeness (QED) is 0.836. The van der Waals surface area contributed by atoms with Crippen LogP contribution in [0.5, 0.6) is 0 Å². The zero-order chi connectivity index (χ0) is 10.3.